The third-order valence-corrected chi connectivity index (χ3v) is 2.44. The average molecular weight is 175 g/mol. The number of benzene rings is 1. The van der Waals surface area contributed by atoms with Crippen molar-refractivity contribution in [3.63, 3.8) is 0 Å². The number of hydrogen-bond donors (Lipinski definition) is 1. The van der Waals surface area contributed by atoms with Crippen molar-refractivity contribution in [1.29, 1.82) is 0 Å². The predicted octanol–water partition coefficient (Wildman–Crippen LogP) is 0.988. The molecule has 1 unspecified atom stereocenters. The first kappa shape index (κ1) is 8.10. The summed E-state index contributed by atoms with van der Waals surface area (Å²) in [4.78, 5) is 6.20. The lowest BCUT2D eigenvalue weighted by atomic mass is 10.1. The third kappa shape index (κ3) is 1.37. The summed E-state index contributed by atoms with van der Waals surface area (Å²) in [6, 6.07) is 10.6. The Kier molecular flexibility index (Phi) is 1.93. The van der Waals surface area contributed by atoms with E-state index in [4.69, 9.17) is 5.73 Å². The van der Waals surface area contributed by atoms with Gasteiger partial charge in [0, 0.05) is 7.05 Å². The molecule has 0 amide bonds. The first-order chi connectivity index (χ1) is 6.29. The Morgan fingerprint density at radius 1 is 1.38 bits per heavy atom. The lowest BCUT2D eigenvalue weighted by molar-refractivity contribution is 0.414. The summed E-state index contributed by atoms with van der Waals surface area (Å²) in [6.07, 6.45) is 0. The molecule has 13 heavy (non-hydrogen) atoms. The zero-order valence-corrected chi connectivity index (χ0v) is 7.64. The van der Waals surface area contributed by atoms with Gasteiger partial charge in [-0.1, -0.05) is 30.3 Å². The fourth-order valence-electron chi connectivity index (χ4n) is 1.58. The summed E-state index contributed by atoms with van der Waals surface area (Å²) < 4.78 is 0. The molecule has 1 aliphatic rings. The van der Waals surface area contributed by atoms with Crippen LogP contribution in [-0.2, 0) is 0 Å². The van der Waals surface area contributed by atoms with Crippen LogP contribution in [0.5, 0.6) is 0 Å². The highest BCUT2D eigenvalue weighted by Gasteiger charge is 2.23. The lowest BCUT2D eigenvalue weighted by Gasteiger charge is -2.21. The van der Waals surface area contributed by atoms with Crippen molar-refractivity contribution >= 4 is 5.96 Å². The minimum absolute atomic E-state index is 0.321. The number of nitrogens with two attached hydrogens (primary N) is 1. The Hall–Kier alpha value is -1.51. The van der Waals surface area contributed by atoms with Crippen LogP contribution in [0.2, 0.25) is 0 Å². The molecule has 1 atom stereocenters. The summed E-state index contributed by atoms with van der Waals surface area (Å²) in [5.41, 5.74) is 6.95. The second kappa shape index (κ2) is 3.09. The summed E-state index contributed by atoms with van der Waals surface area (Å²) in [6.45, 7) is 0.770. The number of nitrogens with zero attached hydrogens (tertiary/aromatic N) is 2. The van der Waals surface area contributed by atoms with Crippen molar-refractivity contribution in [2.45, 2.75) is 6.04 Å². The standard InChI is InChI=1S/C10H13N3/c1-13-9(7-12-10(13)11)8-5-3-2-4-6-8/h2-6,9H,7H2,1H3,(H2,11,12). The minimum atomic E-state index is 0.321. The van der Waals surface area contributed by atoms with Crippen LogP contribution in [0.3, 0.4) is 0 Å². The average Bonchev–Trinajstić information content (AvgIpc) is 2.49. The summed E-state index contributed by atoms with van der Waals surface area (Å²) >= 11 is 0. The van der Waals surface area contributed by atoms with E-state index in [0.717, 1.165) is 6.54 Å². The summed E-state index contributed by atoms with van der Waals surface area (Å²) in [7, 11) is 1.98. The number of rotatable bonds is 1. The first-order valence-electron chi connectivity index (χ1n) is 4.37. The second-order valence-electron chi connectivity index (χ2n) is 3.24. The third-order valence-electron chi connectivity index (χ3n) is 2.44. The Bertz CT molecular complexity index is 318. The smallest absolute Gasteiger partial charge is 0.191 e. The Labute approximate surface area is 77.9 Å². The van der Waals surface area contributed by atoms with E-state index in [1.54, 1.807) is 0 Å². The van der Waals surface area contributed by atoms with Crippen molar-refractivity contribution in [2.24, 2.45) is 10.7 Å². The zero-order valence-electron chi connectivity index (χ0n) is 7.64. The van der Waals surface area contributed by atoms with Gasteiger partial charge in [0.25, 0.3) is 0 Å². The van der Waals surface area contributed by atoms with Crippen LogP contribution in [-0.4, -0.2) is 24.5 Å². The molecule has 0 radical (unpaired) electrons. The van der Waals surface area contributed by atoms with Crippen LogP contribution in [0.25, 0.3) is 0 Å². The molecule has 68 valence electrons. The van der Waals surface area contributed by atoms with Gasteiger partial charge in [0.15, 0.2) is 5.96 Å². The van der Waals surface area contributed by atoms with E-state index < -0.39 is 0 Å². The van der Waals surface area contributed by atoms with Crippen molar-refractivity contribution in [3.05, 3.63) is 35.9 Å². The molecule has 1 aromatic carbocycles. The first-order valence-corrected chi connectivity index (χ1v) is 4.37. The Morgan fingerprint density at radius 2 is 2.08 bits per heavy atom. The molecule has 0 fully saturated rings. The van der Waals surface area contributed by atoms with Crippen LogP contribution in [0.1, 0.15) is 11.6 Å². The van der Waals surface area contributed by atoms with Gasteiger partial charge >= 0.3 is 0 Å². The zero-order chi connectivity index (χ0) is 9.26. The molecule has 1 heterocycles. The van der Waals surface area contributed by atoms with Gasteiger partial charge < -0.3 is 10.6 Å². The fourth-order valence-corrected chi connectivity index (χ4v) is 1.58. The molecular formula is C10H13N3. The molecular weight excluding hydrogens is 162 g/mol. The molecule has 0 saturated heterocycles. The normalized spacial score (nSPS) is 21.8. The maximum atomic E-state index is 5.68. The highest BCUT2D eigenvalue weighted by atomic mass is 15.3. The van der Waals surface area contributed by atoms with Gasteiger partial charge in [-0.15, -0.1) is 0 Å². The maximum Gasteiger partial charge on any atom is 0.191 e. The minimum Gasteiger partial charge on any atom is -0.370 e. The van der Waals surface area contributed by atoms with E-state index >= 15 is 0 Å². The molecule has 0 bridgehead atoms. The molecule has 0 aliphatic carbocycles. The topological polar surface area (TPSA) is 41.6 Å². The number of likely N-dealkylation sites (N-methyl/N-ethyl adjacent to an activating group) is 1. The van der Waals surface area contributed by atoms with Crippen molar-refractivity contribution in [2.75, 3.05) is 13.6 Å². The molecule has 3 nitrogen and oxygen atoms in total. The van der Waals surface area contributed by atoms with Gasteiger partial charge in [0.05, 0.1) is 12.6 Å². The fraction of sp³-hybridized carbons (Fsp3) is 0.300. The number of guanidine groups is 1. The number of hydrogen-bond acceptors (Lipinski definition) is 3. The maximum absolute atomic E-state index is 5.68. The quantitative estimate of drug-likeness (QED) is 0.691. The van der Waals surface area contributed by atoms with Crippen molar-refractivity contribution in [3.8, 4) is 0 Å². The van der Waals surface area contributed by atoms with Gasteiger partial charge in [-0.05, 0) is 5.56 Å². The molecule has 2 N–H and O–H groups in total. The van der Waals surface area contributed by atoms with Crippen LogP contribution >= 0.6 is 0 Å². The van der Waals surface area contributed by atoms with E-state index in [1.807, 2.05) is 30.1 Å². The van der Waals surface area contributed by atoms with Gasteiger partial charge in [-0.3, -0.25) is 4.99 Å². The largest absolute Gasteiger partial charge is 0.370 e. The predicted molar refractivity (Wildman–Crippen MR) is 53.4 cm³/mol. The monoisotopic (exact) mass is 175 g/mol. The van der Waals surface area contributed by atoms with Gasteiger partial charge in [0.1, 0.15) is 0 Å². The van der Waals surface area contributed by atoms with E-state index in [-0.39, 0.29) is 0 Å². The van der Waals surface area contributed by atoms with E-state index in [2.05, 4.69) is 17.1 Å². The molecule has 0 saturated carbocycles. The second-order valence-corrected chi connectivity index (χ2v) is 3.24. The highest BCUT2D eigenvalue weighted by Crippen LogP contribution is 2.22. The van der Waals surface area contributed by atoms with Gasteiger partial charge in [0.2, 0.25) is 0 Å². The van der Waals surface area contributed by atoms with Crippen LogP contribution in [0.15, 0.2) is 35.3 Å². The SMILES string of the molecule is CN1C(N)=NCC1c1ccccc1. The molecule has 0 spiro atoms. The van der Waals surface area contributed by atoms with Gasteiger partial charge in [-0.25, -0.2) is 0 Å². The van der Waals surface area contributed by atoms with E-state index in [1.165, 1.54) is 5.56 Å². The Balaban J connectivity index is 2.22. The van der Waals surface area contributed by atoms with E-state index in [9.17, 15) is 0 Å². The van der Waals surface area contributed by atoms with E-state index in [0.29, 0.717) is 12.0 Å². The summed E-state index contributed by atoms with van der Waals surface area (Å²) in [5.74, 6) is 0.633. The molecule has 3 heteroatoms. The molecule has 1 aliphatic heterocycles. The van der Waals surface area contributed by atoms with Crippen LogP contribution < -0.4 is 5.73 Å². The van der Waals surface area contributed by atoms with Crippen molar-refractivity contribution in [1.82, 2.24) is 4.90 Å². The van der Waals surface area contributed by atoms with Gasteiger partial charge in [-0.2, -0.15) is 0 Å². The van der Waals surface area contributed by atoms with Crippen LogP contribution in [0, 0.1) is 0 Å². The lowest BCUT2D eigenvalue weighted by Crippen LogP contribution is -2.32. The summed E-state index contributed by atoms with van der Waals surface area (Å²) in [5, 5.41) is 0. The number of aliphatic imine (C=N–C) groups is 1. The van der Waals surface area contributed by atoms with Crippen molar-refractivity contribution < 1.29 is 0 Å². The molecule has 1 aromatic rings. The highest BCUT2D eigenvalue weighted by molar-refractivity contribution is 5.80. The molecule has 0 aromatic heterocycles. The Morgan fingerprint density at radius 3 is 2.62 bits per heavy atom. The molecule has 2 rings (SSSR count). The van der Waals surface area contributed by atoms with Crippen LogP contribution in [0.4, 0.5) is 0 Å².